The lowest BCUT2D eigenvalue weighted by Crippen LogP contribution is -2.40. The maximum absolute atomic E-state index is 13.7. The summed E-state index contributed by atoms with van der Waals surface area (Å²) in [6.07, 6.45) is 7.34. The Morgan fingerprint density at radius 2 is 1.69 bits per heavy atom. The normalized spacial score (nSPS) is 21.3. The predicted molar refractivity (Wildman–Crippen MR) is 152 cm³/mol. The number of benzene rings is 2. The molecule has 0 bridgehead atoms. The Bertz CT molecular complexity index is 1240. The van der Waals surface area contributed by atoms with E-state index in [9.17, 15) is 18.0 Å². The topological polar surface area (TPSA) is 60.0 Å². The zero-order chi connectivity index (χ0) is 26.7. The van der Waals surface area contributed by atoms with E-state index in [2.05, 4.69) is 22.1 Å². The number of alkyl halides is 3. The fourth-order valence-electron chi connectivity index (χ4n) is 6.43. The molecule has 2 fully saturated rings. The molecule has 1 atom stereocenters. The highest BCUT2D eigenvalue weighted by molar-refractivity contribution is 5.87. The molecule has 2 aromatic carbocycles. The summed E-state index contributed by atoms with van der Waals surface area (Å²) in [6.45, 7) is 0.893. The maximum atomic E-state index is 13.7. The van der Waals surface area contributed by atoms with Crippen LogP contribution in [0.1, 0.15) is 86.8 Å². The van der Waals surface area contributed by atoms with Crippen molar-refractivity contribution in [2.24, 2.45) is 11.7 Å². The number of amides is 1. The van der Waals surface area contributed by atoms with Gasteiger partial charge in [-0.2, -0.15) is 13.2 Å². The van der Waals surface area contributed by atoms with Gasteiger partial charge in [-0.25, -0.2) is 0 Å². The van der Waals surface area contributed by atoms with E-state index in [1.54, 1.807) is 6.07 Å². The molecule has 4 nitrogen and oxygen atoms in total. The Morgan fingerprint density at radius 1 is 0.974 bits per heavy atom. The number of hydrogen-bond donors (Lipinski definition) is 2. The molecule has 1 aromatic heterocycles. The molecule has 1 amide bonds. The Hall–Kier alpha value is -2.51. The van der Waals surface area contributed by atoms with Crippen LogP contribution in [0, 0.1) is 5.92 Å². The smallest absolute Gasteiger partial charge is 0.353 e. The molecule has 3 N–H and O–H groups in total. The van der Waals surface area contributed by atoms with Gasteiger partial charge < -0.3 is 15.6 Å². The van der Waals surface area contributed by atoms with Gasteiger partial charge >= 0.3 is 6.18 Å². The highest BCUT2D eigenvalue weighted by atomic mass is 35.5. The Labute approximate surface area is 234 Å². The molecule has 1 unspecified atom stereocenters. The number of rotatable bonds is 7. The first kappa shape index (κ1) is 29.5. The summed E-state index contributed by atoms with van der Waals surface area (Å²) in [5, 5.41) is 4.15. The van der Waals surface area contributed by atoms with E-state index in [1.165, 1.54) is 44.2 Å². The molecule has 5 rings (SSSR count). The summed E-state index contributed by atoms with van der Waals surface area (Å²) in [5.41, 5.74) is 7.84. The molecule has 2 saturated carbocycles. The quantitative estimate of drug-likeness (QED) is 0.312. The Kier molecular flexibility index (Phi) is 9.65. The van der Waals surface area contributed by atoms with Crippen molar-refractivity contribution in [3.8, 4) is 0 Å². The summed E-state index contributed by atoms with van der Waals surface area (Å²) in [4.78, 5) is 13.3. The van der Waals surface area contributed by atoms with Crippen molar-refractivity contribution in [1.29, 1.82) is 0 Å². The van der Waals surface area contributed by atoms with Crippen LogP contribution in [0.15, 0.2) is 54.7 Å². The lowest BCUT2D eigenvalue weighted by Gasteiger charge is -2.27. The number of nitrogens with two attached hydrogens (primary N) is 1. The molecule has 2 aliphatic carbocycles. The van der Waals surface area contributed by atoms with Crippen molar-refractivity contribution in [1.82, 2.24) is 9.88 Å². The molecule has 2 aliphatic rings. The zero-order valence-electron chi connectivity index (χ0n) is 22.3. The first-order valence-corrected chi connectivity index (χ1v) is 14.1. The van der Waals surface area contributed by atoms with E-state index in [0.717, 1.165) is 54.8 Å². The van der Waals surface area contributed by atoms with E-state index in [0.29, 0.717) is 11.5 Å². The third-order valence-corrected chi connectivity index (χ3v) is 8.52. The molecule has 0 radical (unpaired) electrons. The molecule has 8 heteroatoms. The van der Waals surface area contributed by atoms with Crippen LogP contribution in [0.4, 0.5) is 13.2 Å². The van der Waals surface area contributed by atoms with E-state index in [-0.39, 0.29) is 36.8 Å². The number of carbonyl (C=O) groups is 1. The van der Waals surface area contributed by atoms with Gasteiger partial charge in [0.05, 0.1) is 5.56 Å². The van der Waals surface area contributed by atoms with Gasteiger partial charge in [-0.15, -0.1) is 12.4 Å². The van der Waals surface area contributed by atoms with Crippen molar-refractivity contribution in [3.63, 3.8) is 0 Å². The number of halogens is 4. The van der Waals surface area contributed by atoms with Crippen LogP contribution in [0.2, 0.25) is 0 Å². The van der Waals surface area contributed by atoms with Crippen LogP contribution in [0.25, 0.3) is 10.9 Å². The lowest BCUT2D eigenvalue weighted by atomic mass is 9.86. The van der Waals surface area contributed by atoms with Crippen molar-refractivity contribution < 1.29 is 18.0 Å². The van der Waals surface area contributed by atoms with Crippen molar-refractivity contribution in [2.45, 2.75) is 94.9 Å². The van der Waals surface area contributed by atoms with Gasteiger partial charge in [0.2, 0.25) is 5.91 Å². The van der Waals surface area contributed by atoms with Crippen molar-refractivity contribution in [2.75, 3.05) is 0 Å². The zero-order valence-corrected chi connectivity index (χ0v) is 23.1. The predicted octanol–water partition coefficient (Wildman–Crippen LogP) is 7.57. The number of aromatic nitrogens is 1. The van der Waals surface area contributed by atoms with Gasteiger partial charge in [-0.1, -0.05) is 55.7 Å². The van der Waals surface area contributed by atoms with Crippen molar-refractivity contribution >= 4 is 29.2 Å². The van der Waals surface area contributed by atoms with Crippen LogP contribution in [0.5, 0.6) is 0 Å². The summed E-state index contributed by atoms with van der Waals surface area (Å²) in [6, 6.07) is 13.8. The molecule has 0 aliphatic heterocycles. The number of carbonyl (C=O) groups excluding carboxylic acids is 1. The monoisotopic (exact) mass is 561 g/mol. The average Bonchev–Trinajstić information content (AvgIpc) is 3.27. The van der Waals surface area contributed by atoms with Gasteiger partial charge in [-0.3, -0.25) is 4.79 Å². The van der Waals surface area contributed by atoms with Crippen LogP contribution in [-0.4, -0.2) is 22.6 Å². The number of hydrogen-bond acceptors (Lipinski definition) is 2. The largest absolute Gasteiger partial charge is 0.416 e. The summed E-state index contributed by atoms with van der Waals surface area (Å²) < 4.78 is 43.2. The second-order valence-electron chi connectivity index (χ2n) is 11.3. The molecular weight excluding hydrogens is 523 g/mol. The summed E-state index contributed by atoms with van der Waals surface area (Å²) in [7, 11) is 0. The summed E-state index contributed by atoms with van der Waals surface area (Å²) >= 11 is 0. The molecule has 39 heavy (non-hydrogen) atoms. The highest BCUT2D eigenvalue weighted by Gasteiger charge is 2.32. The number of nitrogens with one attached hydrogen (secondary N) is 1. The lowest BCUT2D eigenvalue weighted by molar-refractivity contribution is -0.137. The van der Waals surface area contributed by atoms with Gasteiger partial charge in [0.1, 0.15) is 0 Å². The number of fused-ring (bicyclic) bond motifs is 1. The molecular formula is C31H39ClF3N3O. The molecule has 0 saturated heterocycles. The van der Waals surface area contributed by atoms with Gasteiger partial charge in [0.25, 0.3) is 0 Å². The second-order valence-corrected chi connectivity index (χ2v) is 11.3. The second kappa shape index (κ2) is 12.8. The first-order valence-electron chi connectivity index (χ1n) is 14.1. The van der Waals surface area contributed by atoms with Gasteiger partial charge in [0.15, 0.2) is 0 Å². The Morgan fingerprint density at radius 3 is 2.41 bits per heavy atom. The molecule has 0 spiro atoms. The van der Waals surface area contributed by atoms with E-state index >= 15 is 0 Å². The minimum absolute atomic E-state index is 0. The maximum Gasteiger partial charge on any atom is 0.416 e. The molecule has 3 aromatic rings. The standard InChI is InChI=1S/C31H38F3N3O.ClH/c32-31(33,34)23-10-6-9-22(17-23)27(18-30(38)36-25-15-13-24(35)14-16-25)28-20-37(19-21-7-2-1-3-8-21)29-12-5-4-11-26(28)29;/h4-6,9-12,17,20-21,24-25,27H,1-3,7-8,13-16,18-19,35H2,(H,36,38);1H. The number of nitrogens with zero attached hydrogens (tertiary/aromatic N) is 1. The third kappa shape index (κ3) is 7.17. The fourth-order valence-corrected chi connectivity index (χ4v) is 6.43. The minimum Gasteiger partial charge on any atom is -0.353 e. The Balaban J connectivity index is 0.00000353. The van der Waals surface area contributed by atoms with Crippen LogP contribution < -0.4 is 11.1 Å². The number of para-hydroxylation sites is 1. The fraction of sp³-hybridized carbons (Fsp3) is 0.516. The van der Waals surface area contributed by atoms with Crippen LogP contribution in [0.3, 0.4) is 0 Å². The SMILES string of the molecule is Cl.NC1CCC(NC(=O)CC(c2cccc(C(F)(F)F)c2)c2cn(CC3CCCCC3)c3ccccc23)CC1. The molecule has 212 valence electrons. The first-order chi connectivity index (χ1) is 18.3. The van der Waals surface area contributed by atoms with Crippen molar-refractivity contribution in [3.05, 3.63) is 71.4 Å². The van der Waals surface area contributed by atoms with Gasteiger partial charge in [0, 0.05) is 48.1 Å². The van der Waals surface area contributed by atoms with E-state index in [4.69, 9.17) is 5.73 Å². The van der Waals surface area contributed by atoms with Crippen LogP contribution in [-0.2, 0) is 17.5 Å². The highest BCUT2D eigenvalue weighted by Crippen LogP contribution is 2.38. The average molecular weight is 562 g/mol. The third-order valence-electron chi connectivity index (χ3n) is 8.52. The minimum atomic E-state index is -4.45. The van der Waals surface area contributed by atoms with E-state index in [1.807, 2.05) is 18.2 Å². The van der Waals surface area contributed by atoms with Gasteiger partial charge in [-0.05, 0) is 67.7 Å². The van der Waals surface area contributed by atoms with Crippen LogP contribution >= 0.6 is 12.4 Å². The van der Waals surface area contributed by atoms with E-state index < -0.39 is 17.7 Å². The summed E-state index contributed by atoms with van der Waals surface area (Å²) in [5.74, 6) is -0.0157. The molecule has 1 heterocycles.